The molecule has 0 bridgehead atoms. The van der Waals surface area contributed by atoms with Crippen LogP contribution in [0.15, 0.2) is 96.3 Å². The van der Waals surface area contributed by atoms with Gasteiger partial charge in [-0.1, -0.05) is 90.6 Å². The number of fused-ring (bicyclic) bond motifs is 1. The molecular formula is C36H40N8O4S. The molecule has 3 aromatic carbocycles. The molecule has 6 N–H and O–H groups in total. The highest BCUT2D eigenvalue weighted by Crippen LogP contribution is 2.30. The molecule has 3 heterocycles. The minimum atomic E-state index is -0.954. The van der Waals surface area contributed by atoms with Crippen LogP contribution in [0.5, 0.6) is 0 Å². The number of nitrogens with one attached hydrogen (secondary N) is 4. The van der Waals surface area contributed by atoms with Crippen LogP contribution in [0, 0.1) is 0 Å². The number of nitrogens with two attached hydrogens (primary N) is 1. The number of methoxy groups -OCH3 is 1. The van der Waals surface area contributed by atoms with Gasteiger partial charge >= 0.3 is 6.09 Å². The zero-order valence-corrected chi connectivity index (χ0v) is 28.2. The fraction of sp³-hybridized carbons (Fsp3) is 0.306. The number of ether oxygens (including phenoxy) is 2. The van der Waals surface area contributed by atoms with Gasteiger partial charge in [0.25, 0.3) is 0 Å². The number of H-pyrrole nitrogens is 1. The Labute approximate surface area is 289 Å². The van der Waals surface area contributed by atoms with Gasteiger partial charge in [-0.2, -0.15) is 5.10 Å². The number of carbonyl (C=O) groups is 2. The summed E-state index contributed by atoms with van der Waals surface area (Å²) in [7, 11) is 1.29. The van der Waals surface area contributed by atoms with Crippen LogP contribution >= 0.6 is 11.8 Å². The Morgan fingerprint density at radius 1 is 1.02 bits per heavy atom. The van der Waals surface area contributed by atoms with Crippen molar-refractivity contribution in [1.29, 1.82) is 0 Å². The molecule has 12 nitrogen and oxygen atoms in total. The monoisotopic (exact) mass is 680 g/mol. The van der Waals surface area contributed by atoms with Crippen LogP contribution in [0.1, 0.15) is 36.0 Å². The highest BCUT2D eigenvalue weighted by atomic mass is 32.2. The van der Waals surface area contributed by atoms with Gasteiger partial charge in [-0.15, -0.1) is 0 Å². The first-order valence-electron chi connectivity index (χ1n) is 16.2. The molecule has 2 aromatic heterocycles. The van der Waals surface area contributed by atoms with Gasteiger partial charge in [0.1, 0.15) is 11.9 Å². The molecular weight excluding hydrogens is 641 g/mol. The molecule has 0 radical (unpaired) electrons. The van der Waals surface area contributed by atoms with E-state index in [0.29, 0.717) is 46.4 Å². The summed E-state index contributed by atoms with van der Waals surface area (Å²) < 4.78 is 11.5. The summed E-state index contributed by atoms with van der Waals surface area (Å²) in [6.07, 6.45) is 2.22. The summed E-state index contributed by atoms with van der Waals surface area (Å²) in [5.74, 6) is 0.224. The second-order valence-electron chi connectivity index (χ2n) is 11.9. The lowest BCUT2D eigenvalue weighted by Crippen LogP contribution is -2.52. The fourth-order valence-corrected chi connectivity index (χ4v) is 7.04. The molecule has 49 heavy (non-hydrogen) atoms. The SMILES string of the molecule is COC(=O)N[C@H](C(=O)Nc1ccccc1CC[C@@H]1CN[C@H](C)[C@@H](CSc2nc(N)c3cn[nH]c3n2)O1)C(c1ccccc1)c1ccccc1. The fourth-order valence-electron chi connectivity index (χ4n) is 6.04. The number of anilines is 2. The number of nitrogen functional groups attached to an aromatic ring is 1. The van der Waals surface area contributed by atoms with Crippen molar-refractivity contribution in [2.75, 3.05) is 30.5 Å². The van der Waals surface area contributed by atoms with Crippen molar-refractivity contribution >= 4 is 46.3 Å². The molecule has 0 spiro atoms. The number of aryl methyl sites for hydroxylation is 1. The van der Waals surface area contributed by atoms with Crippen molar-refractivity contribution in [1.82, 2.24) is 30.8 Å². The van der Waals surface area contributed by atoms with Crippen LogP contribution in [0.3, 0.4) is 0 Å². The number of thioether (sulfide) groups is 1. The molecule has 5 aromatic rings. The Morgan fingerprint density at radius 3 is 2.43 bits per heavy atom. The van der Waals surface area contributed by atoms with Gasteiger partial charge in [-0.25, -0.2) is 14.8 Å². The number of aromatic nitrogens is 4. The summed E-state index contributed by atoms with van der Waals surface area (Å²) in [6.45, 7) is 2.82. The van der Waals surface area contributed by atoms with Gasteiger partial charge in [0.05, 0.1) is 30.9 Å². The number of benzene rings is 3. The number of morpholine rings is 1. The van der Waals surface area contributed by atoms with Crippen LogP contribution in [0.4, 0.5) is 16.3 Å². The van der Waals surface area contributed by atoms with E-state index in [2.05, 4.69) is 43.0 Å². The van der Waals surface area contributed by atoms with Crippen LogP contribution < -0.4 is 21.7 Å². The number of hydrogen-bond donors (Lipinski definition) is 5. The molecule has 1 fully saturated rings. The maximum atomic E-state index is 14.1. The smallest absolute Gasteiger partial charge is 0.407 e. The first-order chi connectivity index (χ1) is 23.9. The van der Waals surface area contributed by atoms with Gasteiger partial charge in [0.2, 0.25) is 5.91 Å². The van der Waals surface area contributed by atoms with E-state index in [9.17, 15) is 9.59 Å². The van der Waals surface area contributed by atoms with E-state index in [1.807, 2.05) is 84.9 Å². The average Bonchev–Trinajstić information content (AvgIpc) is 3.61. The molecule has 4 atom stereocenters. The van der Waals surface area contributed by atoms with Gasteiger partial charge in [-0.05, 0) is 42.5 Å². The van der Waals surface area contributed by atoms with E-state index in [0.717, 1.165) is 23.1 Å². The second kappa shape index (κ2) is 15.9. The molecule has 6 rings (SSSR count). The van der Waals surface area contributed by atoms with E-state index in [1.165, 1.54) is 18.9 Å². The summed E-state index contributed by atoms with van der Waals surface area (Å²) >= 11 is 1.49. The number of alkyl carbamates (subject to hydrolysis) is 1. The van der Waals surface area contributed by atoms with Crippen molar-refractivity contribution in [3.63, 3.8) is 0 Å². The van der Waals surface area contributed by atoms with E-state index >= 15 is 0 Å². The molecule has 0 aliphatic carbocycles. The van der Waals surface area contributed by atoms with E-state index in [1.54, 1.807) is 6.20 Å². The lowest BCUT2D eigenvalue weighted by molar-refractivity contribution is -0.118. The molecule has 254 valence electrons. The number of rotatable bonds is 12. The molecule has 1 aliphatic rings. The van der Waals surface area contributed by atoms with Crippen molar-refractivity contribution < 1.29 is 19.1 Å². The first kappa shape index (κ1) is 33.9. The Kier molecular flexibility index (Phi) is 11.0. The predicted molar refractivity (Wildman–Crippen MR) is 190 cm³/mol. The third-order valence-electron chi connectivity index (χ3n) is 8.69. The zero-order valence-electron chi connectivity index (χ0n) is 27.3. The Balaban J connectivity index is 1.13. The van der Waals surface area contributed by atoms with Crippen LogP contribution in [-0.4, -0.2) is 75.9 Å². The summed E-state index contributed by atoms with van der Waals surface area (Å²) in [6, 6.07) is 26.3. The Morgan fingerprint density at radius 2 is 1.71 bits per heavy atom. The van der Waals surface area contributed by atoms with Crippen LogP contribution in [0.25, 0.3) is 11.0 Å². The summed E-state index contributed by atoms with van der Waals surface area (Å²) in [5.41, 5.74) is 10.1. The average molecular weight is 681 g/mol. The van der Waals surface area contributed by atoms with Crippen LogP contribution in [-0.2, 0) is 20.7 Å². The predicted octanol–water partition coefficient (Wildman–Crippen LogP) is 4.90. The number of nitrogens with zero attached hydrogens (tertiary/aromatic N) is 3. The number of amides is 2. The van der Waals surface area contributed by atoms with Crippen molar-refractivity contribution in [3.05, 3.63) is 108 Å². The lowest BCUT2D eigenvalue weighted by Gasteiger charge is -2.36. The van der Waals surface area contributed by atoms with Crippen LogP contribution in [0.2, 0.25) is 0 Å². The molecule has 13 heteroatoms. The Bertz CT molecular complexity index is 1820. The molecule has 1 saturated heterocycles. The maximum absolute atomic E-state index is 14.1. The molecule has 2 amide bonds. The second-order valence-corrected chi connectivity index (χ2v) is 12.9. The standard InChI is InChI=1S/C36H40N8O4S/c1-22-29(21-49-35-42-32(37)27-20-39-44-33(27)43-35)48-26(19-38-22)18-17-23-11-9-10-16-28(23)40-34(45)31(41-36(46)47-2)30(24-12-5-3-6-13-24)25-14-7-4-8-15-25/h3-16,20,22,26,29-31,38H,17-19,21H2,1-2H3,(H,40,45)(H,41,46)(H3,37,39,42,43,44)/t22-,26-,29-,31+/m1/s1. The van der Waals surface area contributed by atoms with E-state index in [4.69, 9.17) is 15.2 Å². The minimum Gasteiger partial charge on any atom is -0.453 e. The third-order valence-corrected chi connectivity index (χ3v) is 9.63. The van der Waals surface area contributed by atoms with Crippen molar-refractivity contribution in [2.45, 2.75) is 55.1 Å². The van der Waals surface area contributed by atoms with E-state index in [-0.39, 0.29) is 24.2 Å². The topological polar surface area (TPSA) is 169 Å². The molecule has 0 saturated carbocycles. The normalized spacial score (nSPS) is 18.2. The van der Waals surface area contributed by atoms with Gasteiger partial charge in [-0.3, -0.25) is 9.89 Å². The summed E-state index contributed by atoms with van der Waals surface area (Å²) in [5, 5.41) is 17.6. The van der Waals surface area contributed by atoms with Gasteiger partial charge in [0.15, 0.2) is 10.8 Å². The van der Waals surface area contributed by atoms with Crippen molar-refractivity contribution in [3.8, 4) is 0 Å². The number of aromatic amines is 1. The van der Waals surface area contributed by atoms with Crippen molar-refractivity contribution in [2.24, 2.45) is 0 Å². The highest BCUT2D eigenvalue weighted by molar-refractivity contribution is 7.99. The quantitative estimate of drug-likeness (QED) is 0.0903. The number of carbonyl (C=O) groups excluding carboxylic acids is 2. The first-order valence-corrected chi connectivity index (χ1v) is 17.2. The minimum absolute atomic E-state index is 0.0408. The number of para-hydroxylation sites is 1. The van der Waals surface area contributed by atoms with Gasteiger partial charge < -0.3 is 31.2 Å². The lowest BCUT2D eigenvalue weighted by atomic mass is 9.84. The zero-order chi connectivity index (χ0) is 34.2. The number of hydrogen-bond acceptors (Lipinski definition) is 10. The Hall–Kier alpha value is -4.98. The third kappa shape index (κ3) is 8.37. The molecule has 1 aliphatic heterocycles. The summed E-state index contributed by atoms with van der Waals surface area (Å²) in [4.78, 5) is 35.6. The highest BCUT2D eigenvalue weighted by Gasteiger charge is 2.33. The maximum Gasteiger partial charge on any atom is 0.407 e. The van der Waals surface area contributed by atoms with E-state index < -0.39 is 18.1 Å². The molecule has 0 unspecified atom stereocenters. The largest absolute Gasteiger partial charge is 0.453 e. The van der Waals surface area contributed by atoms with Gasteiger partial charge in [0, 0.05) is 29.9 Å².